The van der Waals surface area contributed by atoms with Crippen molar-refractivity contribution in [3.63, 3.8) is 0 Å². The first kappa shape index (κ1) is 19.4. The minimum atomic E-state index is -0.418. The highest BCUT2D eigenvalue weighted by Gasteiger charge is 2.30. The zero-order valence-electron chi connectivity index (χ0n) is 15.5. The largest absolute Gasteiger partial charge is 0.497 e. The number of carbonyl (C=O) groups is 2. The summed E-state index contributed by atoms with van der Waals surface area (Å²) < 4.78 is 5.19. The minimum Gasteiger partial charge on any atom is -0.497 e. The summed E-state index contributed by atoms with van der Waals surface area (Å²) in [6.45, 7) is 1.51. The fourth-order valence-electron chi connectivity index (χ4n) is 3.46. The molecule has 2 heterocycles. The van der Waals surface area contributed by atoms with Gasteiger partial charge in [0, 0.05) is 29.6 Å². The van der Waals surface area contributed by atoms with Crippen molar-refractivity contribution in [2.75, 3.05) is 31.6 Å². The Hall–Kier alpha value is -2.38. The molecule has 1 aliphatic rings. The number of hydrogen-bond donors (Lipinski definition) is 1. The van der Waals surface area contributed by atoms with Gasteiger partial charge < -0.3 is 15.4 Å². The van der Waals surface area contributed by atoms with E-state index in [1.165, 1.54) is 4.88 Å². The smallest absolute Gasteiger partial charge is 0.241 e. The van der Waals surface area contributed by atoms with E-state index in [2.05, 4.69) is 22.4 Å². The molecule has 0 unspecified atom stereocenters. The normalized spacial score (nSPS) is 17.0. The van der Waals surface area contributed by atoms with E-state index in [1.807, 2.05) is 24.3 Å². The maximum Gasteiger partial charge on any atom is 0.241 e. The Morgan fingerprint density at radius 1 is 1.30 bits per heavy atom. The Balaban J connectivity index is 1.74. The Morgan fingerprint density at radius 3 is 2.70 bits per heavy atom. The summed E-state index contributed by atoms with van der Waals surface area (Å²) >= 11 is 1.73. The van der Waals surface area contributed by atoms with E-state index in [0.29, 0.717) is 12.6 Å². The third-order valence-electron chi connectivity index (χ3n) is 4.84. The lowest BCUT2D eigenvalue weighted by Gasteiger charge is -2.28. The predicted octanol–water partition coefficient (Wildman–Crippen LogP) is 2.80. The molecule has 1 fully saturated rings. The lowest BCUT2D eigenvalue weighted by Crippen LogP contribution is -2.41. The fourth-order valence-corrected chi connectivity index (χ4v) is 4.35. The Bertz CT molecular complexity index is 761. The van der Waals surface area contributed by atoms with Crippen LogP contribution in [0, 0.1) is 0 Å². The number of primary amides is 1. The van der Waals surface area contributed by atoms with Crippen LogP contribution >= 0.6 is 11.3 Å². The zero-order valence-corrected chi connectivity index (χ0v) is 16.3. The van der Waals surface area contributed by atoms with Crippen molar-refractivity contribution < 1.29 is 14.3 Å². The monoisotopic (exact) mass is 387 g/mol. The highest BCUT2D eigenvalue weighted by molar-refractivity contribution is 7.10. The summed E-state index contributed by atoms with van der Waals surface area (Å²) in [7, 11) is 1.60. The lowest BCUT2D eigenvalue weighted by molar-refractivity contribution is -0.120. The molecule has 2 N–H and O–H groups in total. The first-order valence-corrected chi connectivity index (χ1v) is 9.96. The van der Waals surface area contributed by atoms with Gasteiger partial charge in [0.15, 0.2) is 0 Å². The van der Waals surface area contributed by atoms with Gasteiger partial charge in [-0.05, 0) is 55.1 Å². The SMILES string of the molecule is COc1ccc(N(CCC(N)=O)C(=O)CN2CCC[C@@H]2c2cccs2)cc1. The summed E-state index contributed by atoms with van der Waals surface area (Å²) in [5, 5.41) is 2.07. The number of hydrogen-bond acceptors (Lipinski definition) is 5. The Morgan fingerprint density at radius 2 is 2.07 bits per heavy atom. The van der Waals surface area contributed by atoms with Gasteiger partial charge in [-0.2, -0.15) is 0 Å². The number of benzene rings is 1. The number of thiophene rings is 1. The summed E-state index contributed by atoms with van der Waals surface area (Å²) in [5.41, 5.74) is 6.05. The second-order valence-electron chi connectivity index (χ2n) is 6.60. The highest BCUT2D eigenvalue weighted by Crippen LogP contribution is 2.34. The van der Waals surface area contributed by atoms with Crippen molar-refractivity contribution in [1.29, 1.82) is 0 Å². The van der Waals surface area contributed by atoms with E-state index in [0.717, 1.165) is 30.8 Å². The van der Waals surface area contributed by atoms with Crippen LogP contribution in [0.25, 0.3) is 0 Å². The lowest BCUT2D eigenvalue weighted by atomic mass is 10.2. The van der Waals surface area contributed by atoms with Crippen LogP contribution in [0.3, 0.4) is 0 Å². The van der Waals surface area contributed by atoms with Gasteiger partial charge >= 0.3 is 0 Å². The van der Waals surface area contributed by atoms with E-state index in [9.17, 15) is 9.59 Å². The van der Waals surface area contributed by atoms with Gasteiger partial charge in [-0.3, -0.25) is 14.5 Å². The average Bonchev–Trinajstić information content (AvgIpc) is 3.33. The van der Waals surface area contributed by atoms with Gasteiger partial charge in [-0.1, -0.05) is 6.07 Å². The number of ether oxygens (including phenoxy) is 1. The second-order valence-corrected chi connectivity index (χ2v) is 7.58. The third-order valence-corrected chi connectivity index (χ3v) is 5.81. The quantitative estimate of drug-likeness (QED) is 0.756. The molecule has 0 bridgehead atoms. The van der Waals surface area contributed by atoms with Crippen molar-refractivity contribution in [3.05, 3.63) is 46.7 Å². The van der Waals surface area contributed by atoms with Crippen molar-refractivity contribution in [3.8, 4) is 5.75 Å². The van der Waals surface area contributed by atoms with Crippen LogP contribution in [0.1, 0.15) is 30.2 Å². The van der Waals surface area contributed by atoms with E-state index >= 15 is 0 Å². The Labute approximate surface area is 163 Å². The number of amides is 2. The van der Waals surface area contributed by atoms with Gasteiger partial charge in [0.2, 0.25) is 11.8 Å². The fraction of sp³-hybridized carbons (Fsp3) is 0.400. The second kappa shape index (κ2) is 9.01. The molecule has 0 saturated carbocycles. The van der Waals surface area contributed by atoms with Crippen molar-refractivity contribution >= 4 is 28.8 Å². The molecule has 7 heteroatoms. The van der Waals surface area contributed by atoms with E-state index in [1.54, 1.807) is 23.3 Å². The molecule has 1 aliphatic heterocycles. The number of nitrogens with zero attached hydrogens (tertiary/aromatic N) is 2. The van der Waals surface area contributed by atoms with Gasteiger partial charge in [-0.15, -0.1) is 11.3 Å². The molecule has 0 spiro atoms. The van der Waals surface area contributed by atoms with Crippen LogP contribution in [0.2, 0.25) is 0 Å². The summed E-state index contributed by atoms with van der Waals surface area (Å²) in [5.74, 6) is 0.280. The molecular formula is C20H25N3O3S. The molecule has 27 heavy (non-hydrogen) atoms. The molecule has 2 aromatic rings. The van der Waals surface area contributed by atoms with Crippen molar-refractivity contribution in [2.24, 2.45) is 5.73 Å². The summed E-state index contributed by atoms with van der Waals surface area (Å²) in [6, 6.07) is 11.8. The van der Waals surface area contributed by atoms with Crippen LogP contribution in [0.4, 0.5) is 5.69 Å². The van der Waals surface area contributed by atoms with Crippen LogP contribution in [-0.2, 0) is 9.59 Å². The van der Waals surface area contributed by atoms with Crippen LogP contribution in [0.15, 0.2) is 41.8 Å². The van der Waals surface area contributed by atoms with E-state index in [-0.39, 0.29) is 18.9 Å². The summed E-state index contributed by atoms with van der Waals surface area (Å²) in [6.07, 6.45) is 2.28. The maximum absolute atomic E-state index is 13.1. The molecule has 0 radical (unpaired) electrons. The number of methoxy groups -OCH3 is 1. The maximum atomic E-state index is 13.1. The van der Waals surface area contributed by atoms with Crippen molar-refractivity contribution in [2.45, 2.75) is 25.3 Å². The molecule has 1 atom stereocenters. The number of anilines is 1. The zero-order chi connectivity index (χ0) is 19.2. The molecular weight excluding hydrogens is 362 g/mol. The molecule has 1 aromatic heterocycles. The molecule has 1 aromatic carbocycles. The molecule has 2 amide bonds. The first-order chi connectivity index (χ1) is 13.1. The van der Waals surface area contributed by atoms with E-state index < -0.39 is 5.91 Å². The highest BCUT2D eigenvalue weighted by atomic mass is 32.1. The van der Waals surface area contributed by atoms with Gasteiger partial charge in [0.05, 0.1) is 13.7 Å². The first-order valence-electron chi connectivity index (χ1n) is 9.08. The number of nitrogens with two attached hydrogens (primary N) is 1. The Kier molecular flexibility index (Phi) is 6.47. The number of carbonyl (C=O) groups excluding carboxylic acids is 2. The molecule has 3 rings (SSSR count). The third kappa shape index (κ3) is 4.87. The minimum absolute atomic E-state index is 0.0233. The van der Waals surface area contributed by atoms with Crippen LogP contribution in [-0.4, -0.2) is 43.5 Å². The molecule has 1 saturated heterocycles. The topological polar surface area (TPSA) is 75.9 Å². The molecule has 6 nitrogen and oxygen atoms in total. The number of likely N-dealkylation sites (tertiary alicyclic amines) is 1. The standard InChI is InChI=1S/C20H25N3O3S/c1-26-16-8-6-15(7-9-16)23(12-10-19(21)24)20(25)14-22-11-2-4-17(22)18-5-3-13-27-18/h3,5-9,13,17H,2,4,10-12,14H2,1H3,(H2,21,24)/t17-/m1/s1. The van der Waals surface area contributed by atoms with Gasteiger partial charge in [-0.25, -0.2) is 0 Å². The van der Waals surface area contributed by atoms with Crippen molar-refractivity contribution in [1.82, 2.24) is 4.90 Å². The van der Waals surface area contributed by atoms with Gasteiger partial charge in [0.25, 0.3) is 0 Å². The molecule has 0 aliphatic carbocycles. The van der Waals surface area contributed by atoms with Crippen LogP contribution in [0.5, 0.6) is 5.75 Å². The number of rotatable bonds is 8. The summed E-state index contributed by atoms with van der Waals surface area (Å²) in [4.78, 5) is 29.5. The average molecular weight is 388 g/mol. The molecule has 144 valence electrons. The predicted molar refractivity (Wildman–Crippen MR) is 107 cm³/mol. The van der Waals surface area contributed by atoms with E-state index in [4.69, 9.17) is 10.5 Å². The van der Waals surface area contributed by atoms with Crippen LogP contribution < -0.4 is 15.4 Å². The van der Waals surface area contributed by atoms with Gasteiger partial charge in [0.1, 0.15) is 5.75 Å².